The van der Waals surface area contributed by atoms with Crippen LogP contribution < -0.4 is 15.2 Å². The average molecular weight is 290 g/mol. The van der Waals surface area contributed by atoms with Gasteiger partial charge in [-0.15, -0.1) is 0 Å². The summed E-state index contributed by atoms with van der Waals surface area (Å²) in [7, 11) is 1.58. The Balaban J connectivity index is 3.18. The summed E-state index contributed by atoms with van der Waals surface area (Å²) in [6, 6.07) is 3.50. The van der Waals surface area contributed by atoms with E-state index < -0.39 is 6.10 Å². The van der Waals surface area contributed by atoms with Gasteiger partial charge < -0.3 is 20.3 Å². The van der Waals surface area contributed by atoms with E-state index in [1.165, 1.54) is 0 Å². The molecule has 0 aliphatic rings. The molecular formula is C11H16BrNO3. The lowest BCUT2D eigenvalue weighted by atomic mass is 10.1. The Kier molecular flexibility index (Phi) is 5.05. The van der Waals surface area contributed by atoms with Crippen LogP contribution >= 0.6 is 15.9 Å². The molecule has 1 aromatic carbocycles. The van der Waals surface area contributed by atoms with Gasteiger partial charge in [0.2, 0.25) is 0 Å². The molecule has 0 aliphatic carbocycles. The third-order valence-electron chi connectivity index (χ3n) is 2.17. The van der Waals surface area contributed by atoms with Gasteiger partial charge in [0.15, 0.2) is 0 Å². The van der Waals surface area contributed by atoms with E-state index in [1.807, 2.05) is 6.92 Å². The van der Waals surface area contributed by atoms with Crippen LogP contribution in [-0.2, 0) is 0 Å². The molecule has 3 N–H and O–H groups in total. The molecule has 0 amide bonds. The van der Waals surface area contributed by atoms with Crippen LogP contribution in [0, 0.1) is 0 Å². The zero-order valence-corrected chi connectivity index (χ0v) is 11.0. The van der Waals surface area contributed by atoms with Crippen LogP contribution in [0.4, 0.5) is 0 Å². The lowest BCUT2D eigenvalue weighted by Crippen LogP contribution is -2.13. The minimum absolute atomic E-state index is 0.152. The molecule has 16 heavy (non-hydrogen) atoms. The normalized spacial score (nSPS) is 12.3. The van der Waals surface area contributed by atoms with Crippen LogP contribution in [0.3, 0.4) is 0 Å². The Morgan fingerprint density at radius 3 is 2.62 bits per heavy atom. The Morgan fingerprint density at radius 1 is 1.44 bits per heavy atom. The van der Waals surface area contributed by atoms with Crippen LogP contribution in [0.15, 0.2) is 16.6 Å². The standard InChI is InChI=1S/C11H16BrNO3/c1-3-16-10-5-11(15-2)8(12)4-7(10)9(14)6-13/h4-5,9,14H,3,6,13H2,1-2H3. The largest absolute Gasteiger partial charge is 0.495 e. The van der Waals surface area contributed by atoms with Crippen molar-refractivity contribution in [2.24, 2.45) is 5.73 Å². The molecule has 0 aliphatic heterocycles. The van der Waals surface area contributed by atoms with Gasteiger partial charge in [0, 0.05) is 18.2 Å². The fourth-order valence-electron chi connectivity index (χ4n) is 1.37. The molecule has 0 heterocycles. The van der Waals surface area contributed by atoms with Gasteiger partial charge in [0.05, 0.1) is 24.3 Å². The smallest absolute Gasteiger partial charge is 0.136 e. The van der Waals surface area contributed by atoms with Crippen molar-refractivity contribution < 1.29 is 14.6 Å². The number of halogens is 1. The summed E-state index contributed by atoms with van der Waals surface area (Å²) in [6.45, 7) is 2.56. The van der Waals surface area contributed by atoms with Crippen LogP contribution in [0.5, 0.6) is 11.5 Å². The van der Waals surface area contributed by atoms with Gasteiger partial charge in [-0.2, -0.15) is 0 Å². The van der Waals surface area contributed by atoms with E-state index in [4.69, 9.17) is 15.2 Å². The van der Waals surface area contributed by atoms with Gasteiger partial charge in [0.1, 0.15) is 11.5 Å². The fraction of sp³-hybridized carbons (Fsp3) is 0.455. The molecule has 0 spiro atoms. The van der Waals surface area contributed by atoms with Gasteiger partial charge in [-0.05, 0) is 28.9 Å². The molecule has 0 saturated carbocycles. The first kappa shape index (κ1) is 13.3. The molecule has 4 nitrogen and oxygen atoms in total. The molecule has 0 fully saturated rings. The molecule has 1 unspecified atom stereocenters. The van der Waals surface area contributed by atoms with Gasteiger partial charge in [-0.1, -0.05) is 0 Å². The molecular weight excluding hydrogens is 274 g/mol. The zero-order valence-electron chi connectivity index (χ0n) is 9.37. The second-order valence-electron chi connectivity index (χ2n) is 3.21. The topological polar surface area (TPSA) is 64.7 Å². The molecule has 1 rings (SSSR count). The third-order valence-corrected chi connectivity index (χ3v) is 2.79. The summed E-state index contributed by atoms with van der Waals surface area (Å²) < 4.78 is 11.4. The number of ether oxygens (including phenoxy) is 2. The second kappa shape index (κ2) is 6.08. The molecule has 0 saturated heterocycles. The maximum atomic E-state index is 9.76. The number of aliphatic hydroxyl groups is 1. The summed E-state index contributed by atoms with van der Waals surface area (Å²) in [5, 5.41) is 9.76. The van der Waals surface area contributed by atoms with Crippen molar-refractivity contribution in [1.29, 1.82) is 0 Å². The number of nitrogens with two attached hydrogens (primary N) is 1. The highest BCUT2D eigenvalue weighted by Gasteiger charge is 2.15. The number of hydrogen-bond donors (Lipinski definition) is 2. The summed E-state index contributed by atoms with van der Waals surface area (Å²) in [5.74, 6) is 1.26. The van der Waals surface area contributed by atoms with Crippen molar-refractivity contribution in [3.05, 3.63) is 22.2 Å². The highest BCUT2D eigenvalue weighted by molar-refractivity contribution is 9.10. The maximum Gasteiger partial charge on any atom is 0.136 e. The fourth-order valence-corrected chi connectivity index (χ4v) is 1.90. The minimum Gasteiger partial charge on any atom is -0.495 e. The highest BCUT2D eigenvalue weighted by atomic mass is 79.9. The van der Waals surface area contributed by atoms with Crippen molar-refractivity contribution in [2.75, 3.05) is 20.3 Å². The summed E-state index contributed by atoms with van der Waals surface area (Å²) in [6.07, 6.45) is -0.733. The molecule has 0 radical (unpaired) electrons. The van der Waals surface area contributed by atoms with Gasteiger partial charge in [0.25, 0.3) is 0 Å². The van der Waals surface area contributed by atoms with Crippen molar-refractivity contribution in [3.8, 4) is 11.5 Å². The van der Waals surface area contributed by atoms with E-state index in [1.54, 1.807) is 19.2 Å². The Hall–Kier alpha value is -0.780. The lowest BCUT2D eigenvalue weighted by Gasteiger charge is -2.16. The number of methoxy groups -OCH3 is 1. The Bertz CT molecular complexity index is 357. The number of rotatable bonds is 5. The van der Waals surface area contributed by atoms with E-state index in [0.29, 0.717) is 23.7 Å². The molecule has 1 atom stereocenters. The molecule has 1 aromatic rings. The number of benzene rings is 1. The average Bonchev–Trinajstić information content (AvgIpc) is 2.30. The van der Waals surface area contributed by atoms with Gasteiger partial charge in [-0.3, -0.25) is 0 Å². The molecule has 0 aromatic heterocycles. The van der Waals surface area contributed by atoms with Crippen LogP contribution in [0.2, 0.25) is 0 Å². The highest BCUT2D eigenvalue weighted by Crippen LogP contribution is 2.35. The molecule has 90 valence electrons. The first-order chi connectivity index (χ1) is 7.63. The minimum atomic E-state index is -0.733. The van der Waals surface area contributed by atoms with E-state index in [0.717, 1.165) is 4.47 Å². The summed E-state index contributed by atoms with van der Waals surface area (Å²) >= 11 is 3.36. The predicted octanol–water partition coefficient (Wildman–Crippen LogP) is 1.85. The van der Waals surface area contributed by atoms with E-state index >= 15 is 0 Å². The van der Waals surface area contributed by atoms with Crippen molar-refractivity contribution in [3.63, 3.8) is 0 Å². The first-order valence-corrected chi connectivity index (χ1v) is 5.81. The summed E-state index contributed by atoms with van der Waals surface area (Å²) in [4.78, 5) is 0. The summed E-state index contributed by atoms with van der Waals surface area (Å²) in [5.41, 5.74) is 6.10. The van der Waals surface area contributed by atoms with Gasteiger partial charge >= 0.3 is 0 Å². The lowest BCUT2D eigenvalue weighted by molar-refractivity contribution is 0.180. The monoisotopic (exact) mass is 289 g/mol. The van der Waals surface area contributed by atoms with Gasteiger partial charge in [-0.25, -0.2) is 0 Å². The Labute approximate surface area is 103 Å². The third kappa shape index (κ3) is 2.87. The van der Waals surface area contributed by atoms with Crippen molar-refractivity contribution in [2.45, 2.75) is 13.0 Å². The first-order valence-electron chi connectivity index (χ1n) is 5.02. The number of aliphatic hydroxyl groups excluding tert-OH is 1. The Morgan fingerprint density at radius 2 is 2.12 bits per heavy atom. The zero-order chi connectivity index (χ0) is 12.1. The maximum absolute atomic E-state index is 9.76. The van der Waals surface area contributed by atoms with E-state index in [2.05, 4.69) is 15.9 Å². The van der Waals surface area contributed by atoms with Crippen molar-refractivity contribution in [1.82, 2.24) is 0 Å². The predicted molar refractivity (Wildman–Crippen MR) is 65.9 cm³/mol. The van der Waals surface area contributed by atoms with Crippen molar-refractivity contribution >= 4 is 15.9 Å². The second-order valence-corrected chi connectivity index (χ2v) is 4.06. The molecule has 0 bridgehead atoms. The van der Waals surface area contributed by atoms with Crippen LogP contribution in [0.25, 0.3) is 0 Å². The van der Waals surface area contributed by atoms with E-state index in [-0.39, 0.29) is 6.54 Å². The SMILES string of the molecule is CCOc1cc(OC)c(Br)cc1C(O)CN. The van der Waals surface area contributed by atoms with E-state index in [9.17, 15) is 5.11 Å². The van der Waals surface area contributed by atoms with Crippen LogP contribution in [0.1, 0.15) is 18.6 Å². The van der Waals surface area contributed by atoms with Crippen LogP contribution in [-0.4, -0.2) is 25.4 Å². The quantitative estimate of drug-likeness (QED) is 0.868. The number of hydrogen-bond acceptors (Lipinski definition) is 4. The molecule has 5 heteroatoms.